The minimum Gasteiger partial charge on any atom is -0.370 e. The van der Waals surface area contributed by atoms with Gasteiger partial charge in [0, 0.05) is 12.6 Å². The molecule has 1 heterocycles. The van der Waals surface area contributed by atoms with Crippen LogP contribution in [-0.4, -0.2) is 31.0 Å². The number of hydrogen-bond acceptors (Lipinski definition) is 2. The third-order valence-electron chi connectivity index (χ3n) is 4.10. The number of alkyl halides is 3. The summed E-state index contributed by atoms with van der Waals surface area (Å²) >= 11 is 0. The second-order valence-corrected chi connectivity index (χ2v) is 5.71. The highest BCUT2D eigenvalue weighted by Gasteiger charge is 2.33. The molecule has 0 aromatic heterocycles. The average molecular weight is 314 g/mol. The molecule has 1 saturated heterocycles. The van der Waals surface area contributed by atoms with Crippen molar-refractivity contribution < 1.29 is 13.2 Å². The molecule has 0 aliphatic carbocycles. The minimum absolute atomic E-state index is 0.0270. The van der Waals surface area contributed by atoms with E-state index in [0.29, 0.717) is 6.54 Å². The Morgan fingerprint density at radius 1 is 1.27 bits per heavy atom. The van der Waals surface area contributed by atoms with Crippen LogP contribution in [0, 0.1) is 5.92 Å². The largest absolute Gasteiger partial charge is 0.416 e. The third-order valence-corrected chi connectivity index (χ3v) is 4.10. The van der Waals surface area contributed by atoms with Crippen molar-refractivity contribution >= 4 is 5.96 Å². The minimum atomic E-state index is -4.31. The van der Waals surface area contributed by atoms with Crippen LogP contribution in [0.3, 0.4) is 0 Å². The molecule has 0 bridgehead atoms. The van der Waals surface area contributed by atoms with Crippen LogP contribution in [0.15, 0.2) is 29.3 Å². The maximum absolute atomic E-state index is 12.7. The lowest BCUT2D eigenvalue weighted by atomic mass is 9.84. The van der Waals surface area contributed by atoms with Crippen molar-refractivity contribution in [3.8, 4) is 0 Å². The lowest BCUT2D eigenvalue weighted by Crippen LogP contribution is -2.38. The summed E-state index contributed by atoms with van der Waals surface area (Å²) in [6, 6.07) is 5.40. The van der Waals surface area contributed by atoms with Crippen LogP contribution < -0.4 is 11.5 Å². The number of hydrogen-bond donors (Lipinski definition) is 2. The van der Waals surface area contributed by atoms with Crippen LogP contribution in [-0.2, 0) is 6.18 Å². The molecule has 0 radical (unpaired) electrons. The van der Waals surface area contributed by atoms with Gasteiger partial charge in [-0.15, -0.1) is 0 Å². The van der Waals surface area contributed by atoms with Gasteiger partial charge < -0.3 is 11.5 Å². The molecule has 2 rings (SSSR count). The first-order valence-electron chi connectivity index (χ1n) is 7.22. The van der Waals surface area contributed by atoms with Gasteiger partial charge in [0.2, 0.25) is 0 Å². The van der Waals surface area contributed by atoms with Gasteiger partial charge in [0.05, 0.1) is 5.56 Å². The monoisotopic (exact) mass is 314 g/mol. The number of guanidine groups is 1. The molecule has 1 fully saturated rings. The molecule has 2 unspecified atom stereocenters. The fraction of sp³-hybridized carbons (Fsp3) is 0.533. The zero-order chi connectivity index (χ0) is 16.3. The molecule has 0 amide bonds. The predicted octanol–water partition coefficient (Wildman–Crippen LogP) is 2.36. The van der Waals surface area contributed by atoms with Crippen molar-refractivity contribution in [2.75, 3.05) is 20.1 Å². The molecule has 1 aliphatic rings. The highest BCUT2D eigenvalue weighted by atomic mass is 19.4. The Kier molecular flexibility index (Phi) is 4.95. The highest BCUT2D eigenvalue weighted by molar-refractivity contribution is 5.75. The van der Waals surface area contributed by atoms with Gasteiger partial charge in [-0.1, -0.05) is 12.1 Å². The zero-order valence-corrected chi connectivity index (χ0v) is 12.5. The first kappa shape index (κ1) is 16.6. The molecule has 0 saturated carbocycles. The summed E-state index contributed by atoms with van der Waals surface area (Å²) in [7, 11) is 1.98. The molecule has 22 heavy (non-hydrogen) atoms. The summed E-state index contributed by atoms with van der Waals surface area (Å²) < 4.78 is 38.0. The number of rotatable bonds is 3. The van der Waals surface area contributed by atoms with Crippen LogP contribution in [0.5, 0.6) is 0 Å². The second kappa shape index (κ2) is 6.56. The van der Waals surface area contributed by atoms with Crippen molar-refractivity contribution in [2.24, 2.45) is 22.4 Å². The Hall–Kier alpha value is -1.76. The summed E-state index contributed by atoms with van der Waals surface area (Å²) in [5, 5.41) is 0. The lowest BCUT2D eigenvalue weighted by Gasteiger charge is -2.39. The maximum atomic E-state index is 12.7. The Morgan fingerprint density at radius 2 is 1.91 bits per heavy atom. The fourth-order valence-corrected chi connectivity index (χ4v) is 3.07. The quantitative estimate of drug-likeness (QED) is 0.665. The Morgan fingerprint density at radius 3 is 2.45 bits per heavy atom. The molecule has 1 aromatic carbocycles. The van der Waals surface area contributed by atoms with Gasteiger partial charge in [-0.3, -0.25) is 9.89 Å². The van der Waals surface area contributed by atoms with E-state index >= 15 is 0 Å². The van der Waals surface area contributed by atoms with Gasteiger partial charge in [-0.05, 0) is 50.0 Å². The molecule has 4 N–H and O–H groups in total. The number of benzene rings is 1. The highest BCUT2D eigenvalue weighted by Crippen LogP contribution is 2.37. The van der Waals surface area contributed by atoms with E-state index in [1.54, 1.807) is 12.1 Å². The zero-order valence-electron chi connectivity index (χ0n) is 12.5. The molecule has 1 aliphatic heterocycles. The van der Waals surface area contributed by atoms with E-state index in [2.05, 4.69) is 9.89 Å². The van der Waals surface area contributed by atoms with Crippen molar-refractivity contribution in [1.82, 2.24) is 4.90 Å². The molecule has 2 atom stereocenters. The summed E-state index contributed by atoms with van der Waals surface area (Å²) in [5.74, 6) is 0.233. The van der Waals surface area contributed by atoms with Crippen LogP contribution in [0.25, 0.3) is 0 Å². The van der Waals surface area contributed by atoms with Gasteiger partial charge in [-0.25, -0.2) is 0 Å². The second-order valence-electron chi connectivity index (χ2n) is 5.71. The van der Waals surface area contributed by atoms with Crippen molar-refractivity contribution in [3.63, 3.8) is 0 Å². The smallest absolute Gasteiger partial charge is 0.370 e. The van der Waals surface area contributed by atoms with Crippen LogP contribution in [0.2, 0.25) is 0 Å². The number of halogens is 3. The molecular weight excluding hydrogens is 293 g/mol. The molecular formula is C15H21F3N4. The van der Waals surface area contributed by atoms with Crippen LogP contribution in [0.1, 0.15) is 30.0 Å². The predicted molar refractivity (Wildman–Crippen MR) is 80.2 cm³/mol. The average Bonchev–Trinajstić information content (AvgIpc) is 2.44. The van der Waals surface area contributed by atoms with Crippen molar-refractivity contribution in [2.45, 2.75) is 25.1 Å². The number of piperidine rings is 1. The number of nitrogens with two attached hydrogens (primary N) is 2. The van der Waals surface area contributed by atoms with E-state index in [4.69, 9.17) is 11.5 Å². The third kappa shape index (κ3) is 3.91. The van der Waals surface area contributed by atoms with Gasteiger partial charge in [-0.2, -0.15) is 13.2 Å². The lowest BCUT2D eigenvalue weighted by molar-refractivity contribution is -0.137. The summed E-state index contributed by atoms with van der Waals surface area (Å²) in [6.07, 6.45) is -2.33. The Balaban J connectivity index is 2.23. The fourth-order valence-electron chi connectivity index (χ4n) is 3.07. The summed E-state index contributed by atoms with van der Waals surface area (Å²) in [4.78, 5) is 6.23. The molecule has 0 spiro atoms. The molecule has 1 aromatic rings. The SMILES string of the molecule is CN1CCCC(CN=C(N)N)C1c1ccc(C(F)(F)F)cc1. The standard InChI is InChI=1S/C15H21F3N4/c1-22-8-2-3-11(9-21-14(19)20)13(22)10-4-6-12(7-5-10)15(16,17)18/h4-7,11,13H,2-3,8-9H2,1H3,(H4,19,20,21). The number of nitrogens with zero attached hydrogens (tertiary/aromatic N) is 2. The van der Waals surface area contributed by atoms with E-state index in [1.807, 2.05) is 7.05 Å². The topological polar surface area (TPSA) is 67.6 Å². The Labute approximate surface area is 128 Å². The maximum Gasteiger partial charge on any atom is 0.416 e. The summed E-state index contributed by atoms with van der Waals surface area (Å²) in [6.45, 7) is 1.39. The number of likely N-dealkylation sites (tertiary alicyclic amines) is 1. The first-order valence-corrected chi connectivity index (χ1v) is 7.22. The van der Waals surface area contributed by atoms with E-state index in [9.17, 15) is 13.2 Å². The van der Waals surface area contributed by atoms with Gasteiger partial charge in [0.15, 0.2) is 5.96 Å². The van der Waals surface area contributed by atoms with Gasteiger partial charge in [0.25, 0.3) is 0 Å². The number of aliphatic imine (C=N–C) groups is 1. The van der Waals surface area contributed by atoms with E-state index < -0.39 is 11.7 Å². The van der Waals surface area contributed by atoms with E-state index in [1.165, 1.54) is 0 Å². The van der Waals surface area contributed by atoms with Crippen molar-refractivity contribution in [3.05, 3.63) is 35.4 Å². The van der Waals surface area contributed by atoms with E-state index in [0.717, 1.165) is 37.1 Å². The summed E-state index contributed by atoms with van der Waals surface area (Å²) in [5.41, 5.74) is 11.0. The molecule has 122 valence electrons. The molecule has 4 nitrogen and oxygen atoms in total. The molecule has 7 heteroatoms. The van der Waals surface area contributed by atoms with Crippen LogP contribution in [0.4, 0.5) is 13.2 Å². The van der Waals surface area contributed by atoms with E-state index in [-0.39, 0.29) is 17.9 Å². The Bertz CT molecular complexity index is 521. The van der Waals surface area contributed by atoms with Gasteiger partial charge in [0.1, 0.15) is 0 Å². The van der Waals surface area contributed by atoms with Crippen molar-refractivity contribution in [1.29, 1.82) is 0 Å². The van der Waals surface area contributed by atoms with Gasteiger partial charge >= 0.3 is 6.18 Å². The van der Waals surface area contributed by atoms with Crippen LogP contribution >= 0.6 is 0 Å². The first-order chi connectivity index (χ1) is 10.3. The normalized spacial score (nSPS) is 23.3.